The van der Waals surface area contributed by atoms with Crippen LogP contribution in [0.25, 0.3) is 6.08 Å². The fourth-order valence-electron chi connectivity index (χ4n) is 3.24. The number of hydrogen-bond donors (Lipinski definition) is 1. The lowest BCUT2D eigenvalue weighted by atomic mass is 10.1. The third-order valence-electron chi connectivity index (χ3n) is 4.92. The molecule has 0 radical (unpaired) electrons. The molecule has 1 N–H and O–H groups in total. The van der Waals surface area contributed by atoms with E-state index in [1.54, 1.807) is 25.3 Å². The second-order valence-electron chi connectivity index (χ2n) is 7.32. The van der Waals surface area contributed by atoms with Crippen LogP contribution in [0.3, 0.4) is 0 Å². The zero-order chi connectivity index (χ0) is 23.5. The van der Waals surface area contributed by atoms with E-state index in [1.165, 1.54) is 5.56 Å². The van der Waals surface area contributed by atoms with Crippen LogP contribution < -0.4 is 14.8 Å². The van der Waals surface area contributed by atoms with Crippen LogP contribution in [0.2, 0.25) is 0 Å². The number of rotatable bonds is 10. The summed E-state index contributed by atoms with van der Waals surface area (Å²) in [4.78, 5) is 12.5. The molecule has 0 aromatic heterocycles. The maximum absolute atomic E-state index is 12.5. The number of carbonyl (C=O) groups is 1. The van der Waals surface area contributed by atoms with Gasteiger partial charge in [-0.15, -0.1) is 0 Å². The van der Waals surface area contributed by atoms with Gasteiger partial charge in [0, 0.05) is 6.54 Å². The average Bonchev–Trinajstić information content (AvgIpc) is 2.85. The van der Waals surface area contributed by atoms with Crippen molar-refractivity contribution in [3.05, 3.63) is 99.5 Å². The van der Waals surface area contributed by atoms with Crippen molar-refractivity contribution < 1.29 is 14.3 Å². The highest BCUT2D eigenvalue weighted by molar-refractivity contribution is 9.10. The average molecular weight is 505 g/mol. The van der Waals surface area contributed by atoms with Crippen molar-refractivity contribution in [2.45, 2.75) is 19.4 Å². The molecule has 0 saturated carbocycles. The molecule has 1 amide bonds. The highest BCUT2D eigenvalue weighted by Gasteiger charge is 2.14. The van der Waals surface area contributed by atoms with E-state index in [0.29, 0.717) is 34.7 Å². The summed E-state index contributed by atoms with van der Waals surface area (Å²) in [6.45, 7) is 0.881. The van der Waals surface area contributed by atoms with Gasteiger partial charge in [0.2, 0.25) is 0 Å². The van der Waals surface area contributed by atoms with Gasteiger partial charge in [0.15, 0.2) is 11.5 Å². The zero-order valence-electron chi connectivity index (χ0n) is 18.4. The summed E-state index contributed by atoms with van der Waals surface area (Å²) >= 11 is 3.52. The Balaban J connectivity index is 1.64. The van der Waals surface area contributed by atoms with Crippen LogP contribution in [0.1, 0.15) is 23.1 Å². The molecule has 0 aliphatic carbocycles. The Hall–Kier alpha value is -3.56. The van der Waals surface area contributed by atoms with E-state index < -0.39 is 5.91 Å². The summed E-state index contributed by atoms with van der Waals surface area (Å²) in [5.41, 5.74) is 2.93. The topological polar surface area (TPSA) is 71.3 Å². The van der Waals surface area contributed by atoms with Gasteiger partial charge in [-0.2, -0.15) is 5.26 Å². The Labute approximate surface area is 202 Å². The Morgan fingerprint density at radius 3 is 2.36 bits per heavy atom. The number of methoxy groups -OCH3 is 1. The largest absolute Gasteiger partial charge is 0.493 e. The van der Waals surface area contributed by atoms with Crippen molar-refractivity contribution in [3.8, 4) is 17.6 Å². The lowest BCUT2D eigenvalue weighted by Crippen LogP contribution is -2.25. The fraction of sp³-hybridized carbons (Fsp3) is 0.185. The summed E-state index contributed by atoms with van der Waals surface area (Å²) in [5.74, 6) is 0.666. The smallest absolute Gasteiger partial charge is 0.261 e. The molecule has 0 saturated heterocycles. The van der Waals surface area contributed by atoms with Gasteiger partial charge >= 0.3 is 0 Å². The first-order valence-corrected chi connectivity index (χ1v) is 11.4. The van der Waals surface area contributed by atoms with Crippen LogP contribution in [-0.2, 0) is 17.8 Å². The van der Waals surface area contributed by atoms with E-state index in [-0.39, 0.29) is 5.57 Å². The van der Waals surface area contributed by atoms with E-state index in [9.17, 15) is 10.1 Å². The number of nitrogens with zero attached hydrogens (tertiary/aromatic N) is 1. The Morgan fingerprint density at radius 2 is 1.73 bits per heavy atom. The second-order valence-corrected chi connectivity index (χ2v) is 8.18. The first kappa shape index (κ1) is 24.1. The van der Waals surface area contributed by atoms with E-state index in [4.69, 9.17) is 9.47 Å². The number of nitrogens with one attached hydrogen (secondary N) is 1. The van der Waals surface area contributed by atoms with Gasteiger partial charge in [0.05, 0.1) is 11.6 Å². The summed E-state index contributed by atoms with van der Waals surface area (Å²) in [6, 6.07) is 25.4. The molecule has 33 heavy (non-hydrogen) atoms. The molecule has 0 bridgehead atoms. The fourth-order valence-corrected chi connectivity index (χ4v) is 3.82. The van der Waals surface area contributed by atoms with Crippen molar-refractivity contribution >= 4 is 27.9 Å². The van der Waals surface area contributed by atoms with E-state index in [0.717, 1.165) is 18.4 Å². The number of benzene rings is 3. The second kappa shape index (κ2) is 12.5. The Morgan fingerprint density at radius 1 is 1.06 bits per heavy atom. The van der Waals surface area contributed by atoms with Crippen LogP contribution >= 0.6 is 15.9 Å². The van der Waals surface area contributed by atoms with Gasteiger partial charge < -0.3 is 14.8 Å². The van der Waals surface area contributed by atoms with Gasteiger partial charge in [-0.25, -0.2) is 0 Å². The van der Waals surface area contributed by atoms with Crippen LogP contribution in [0, 0.1) is 11.3 Å². The van der Waals surface area contributed by atoms with Crippen LogP contribution in [0.15, 0.2) is 82.8 Å². The lowest BCUT2D eigenvalue weighted by molar-refractivity contribution is -0.117. The maximum Gasteiger partial charge on any atom is 0.261 e. The minimum Gasteiger partial charge on any atom is -0.493 e. The molecular formula is C27H25BrN2O3. The van der Waals surface area contributed by atoms with Crippen molar-refractivity contribution in [1.29, 1.82) is 5.26 Å². The number of nitriles is 1. The molecule has 0 aliphatic heterocycles. The third kappa shape index (κ3) is 7.23. The molecule has 3 aromatic rings. The van der Waals surface area contributed by atoms with Crippen molar-refractivity contribution in [2.24, 2.45) is 0 Å². The molecule has 0 unspecified atom stereocenters. The van der Waals surface area contributed by atoms with Crippen LogP contribution in [0.5, 0.6) is 11.5 Å². The quantitative estimate of drug-likeness (QED) is 0.218. The molecule has 0 fully saturated rings. The number of aryl methyl sites for hydroxylation is 1. The predicted molar refractivity (Wildman–Crippen MR) is 133 cm³/mol. The van der Waals surface area contributed by atoms with Gasteiger partial charge in [-0.3, -0.25) is 4.79 Å². The van der Waals surface area contributed by atoms with Crippen molar-refractivity contribution in [2.75, 3.05) is 13.7 Å². The molecule has 6 heteroatoms. The van der Waals surface area contributed by atoms with Crippen molar-refractivity contribution in [3.63, 3.8) is 0 Å². The molecular weight excluding hydrogens is 480 g/mol. The zero-order valence-corrected chi connectivity index (χ0v) is 20.0. The standard InChI is InChI=1S/C27H25BrN2O3/c1-32-25-17-22(16-24(28)26(25)33-19-21-11-6-3-7-12-21)15-23(18-29)27(31)30-14-8-13-20-9-4-2-5-10-20/h2-7,9-12,15-17H,8,13-14,19H2,1H3,(H,30,31)/b23-15-. The van der Waals surface area contributed by atoms with E-state index in [1.807, 2.05) is 54.6 Å². The molecule has 0 heterocycles. The Kier molecular flexibility index (Phi) is 9.10. The van der Waals surface area contributed by atoms with E-state index >= 15 is 0 Å². The Bertz CT molecular complexity index is 1140. The minimum absolute atomic E-state index is 0.0293. The SMILES string of the molecule is COc1cc(/C=C(/C#N)C(=O)NCCCc2ccccc2)cc(Br)c1OCc1ccccc1. The molecule has 3 aromatic carbocycles. The summed E-state index contributed by atoms with van der Waals surface area (Å²) in [5, 5.41) is 12.3. The van der Waals surface area contributed by atoms with Crippen LogP contribution in [0.4, 0.5) is 0 Å². The highest BCUT2D eigenvalue weighted by atomic mass is 79.9. The highest BCUT2D eigenvalue weighted by Crippen LogP contribution is 2.37. The van der Waals surface area contributed by atoms with E-state index in [2.05, 4.69) is 33.4 Å². The molecule has 0 aliphatic rings. The van der Waals surface area contributed by atoms with Crippen LogP contribution in [-0.4, -0.2) is 19.6 Å². The third-order valence-corrected chi connectivity index (χ3v) is 5.51. The lowest BCUT2D eigenvalue weighted by Gasteiger charge is -2.14. The molecule has 3 rings (SSSR count). The van der Waals surface area contributed by atoms with Gasteiger partial charge in [0.1, 0.15) is 18.2 Å². The van der Waals surface area contributed by atoms with Gasteiger partial charge in [0.25, 0.3) is 5.91 Å². The summed E-state index contributed by atoms with van der Waals surface area (Å²) in [7, 11) is 1.55. The number of hydrogen-bond acceptors (Lipinski definition) is 4. The number of carbonyl (C=O) groups excluding carboxylic acids is 1. The number of amides is 1. The molecule has 168 valence electrons. The first-order chi connectivity index (χ1) is 16.1. The monoisotopic (exact) mass is 504 g/mol. The summed E-state index contributed by atoms with van der Waals surface area (Å²) in [6.07, 6.45) is 3.20. The predicted octanol–water partition coefficient (Wildman–Crippen LogP) is 5.69. The normalized spacial score (nSPS) is 10.9. The number of halogens is 1. The summed E-state index contributed by atoms with van der Waals surface area (Å²) < 4.78 is 12.1. The van der Waals surface area contributed by atoms with Crippen molar-refractivity contribution in [1.82, 2.24) is 5.32 Å². The molecule has 0 spiro atoms. The maximum atomic E-state index is 12.5. The number of ether oxygens (including phenoxy) is 2. The van der Waals surface area contributed by atoms with Gasteiger partial charge in [-0.05, 0) is 63.7 Å². The molecule has 0 atom stereocenters. The first-order valence-electron chi connectivity index (χ1n) is 10.6. The molecule has 5 nitrogen and oxygen atoms in total. The minimum atomic E-state index is -0.398. The van der Waals surface area contributed by atoms with Gasteiger partial charge in [-0.1, -0.05) is 60.7 Å².